The third-order valence-corrected chi connectivity index (χ3v) is 5.09. The Bertz CT molecular complexity index is 1020. The van der Waals surface area contributed by atoms with Gasteiger partial charge in [0.25, 0.3) is 0 Å². The molecular formula is C23H25N5O4. The molecule has 9 heteroatoms. The van der Waals surface area contributed by atoms with Crippen molar-refractivity contribution in [3.63, 3.8) is 0 Å². The smallest absolute Gasteiger partial charge is 0.183 e. The fourth-order valence-electron chi connectivity index (χ4n) is 3.51. The van der Waals surface area contributed by atoms with Gasteiger partial charge in [0.2, 0.25) is 0 Å². The van der Waals surface area contributed by atoms with E-state index in [4.69, 9.17) is 19.2 Å². The first-order valence-electron chi connectivity index (χ1n) is 10.3. The number of aliphatic hydroxyl groups is 1. The quantitative estimate of drug-likeness (QED) is 0.279. The van der Waals surface area contributed by atoms with E-state index >= 15 is 0 Å². The highest BCUT2D eigenvalue weighted by atomic mass is 16.6. The van der Waals surface area contributed by atoms with E-state index in [-0.39, 0.29) is 19.0 Å². The lowest BCUT2D eigenvalue weighted by molar-refractivity contribution is -0.153. The van der Waals surface area contributed by atoms with Gasteiger partial charge in [0, 0.05) is 36.7 Å². The zero-order chi connectivity index (χ0) is 23.0. The molecule has 1 aliphatic rings. The summed E-state index contributed by atoms with van der Waals surface area (Å²) in [5, 5.41) is 32.7. The SMILES string of the molecule is CCOCC1(COCC)Oc2ccc(C#N)cc2[C@@H](N=C(NC#N)c2cccnc2)[C@@H]1O. The van der Waals surface area contributed by atoms with E-state index < -0.39 is 17.7 Å². The van der Waals surface area contributed by atoms with Gasteiger partial charge in [-0.3, -0.25) is 15.3 Å². The van der Waals surface area contributed by atoms with Gasteiger partial charge in [0.1, 0.15) is 23.7 Å². The Kier molecular flexibility index (Phi) is 7.74. The van der Waals surface area contributed by atoms with Gasteiger partial charge in [-0.05, 0) is 44.2 Å². The van der Waals surface area contributed by atoms with Crippen LogP contribution in [-0.4, -0.2) is 54.1 Å². The second-order valence-corrected chi connectivity index (χ2v) is 7.15. The van der Waals surface area contributed by atoms with Crippen LogP contribution in [0.5, 0.6) is 5.75 Å². The zero-order valence-corrected chi connectivity index (χ0v) is 18.0. The predicted molar refractivity (Wildman–Crippen MR) is 116 cm³/mol. The number of nitrogens with one attached hydrogen (secondary N) is 1. The largest absolute Gasteiger partial charge is 0.479 e. The summed E-state index contributed by atoms with van der Waals surface area (Å²) in [4.78, 5) is 8.78. The van der Waals surface area contributed by atoms with E-state index in [2.05, 4.69) is 16.4 Å². The molecule has 0 bridgehead atoms. The highest BCUT2D eigenvalue weighted by Gasteiger charge is 2.50. The Labute approximate surface area is 186 Å². The molecule has 32 heavy (non-hydrogen) atoms. The number of pyridine rings is 1. The van der Waals surface area contributed by atoms with Crippen molar-refractivity contribution in [2.24, 2.45) is 4.99 Å². The molecule has 9 nitrogen and oxygen atoms in total. The van der Waals surface area contributed by atoms with Gasteiger partial charge >= 0.3 is 0 Å². The molecule has 1 aromatic heterocycles. The Balaban J connectivity index is 2.16. The first-order chi connectivity index (χ1) is 15.6. The lowest BCUT2D eigenvalue weighted by Crippen LogP contribution is -2.59. The van der Waals surface area contributed by atoms with Crippen LogP contribution in [0.15, 0.2) is 47.7 Å². The third kappa shape index (κ3) is 4.87. The maximum Gasteiger partial charge on any atom is 0.183 e. The Morgan fingerprint density at radius 2 is 2.00 bits per heavy atom. The fraction of sp³-hybridized carbons (Fsp3) is 0.391. The van der Waals surface area contributed by atoms with Crippen LogP contribution in [0.4, 0.5) is 0 Å². The number of nitrogens with zero attached hydrogens (tertiary/aromatic N) is 4. The number of aromatic nitrogens is 1. The van der Waals surface area contributed by atoms with E-state index in [1.807, 2.05) is 20.0 Å². The van der Waals surface area contributed by atoms with Gasteiger partial charge in [-0.2, -0.15) is 10.5 Å². The summed E-state index contributed by atoms with van der Waals surface area (Å²) in [6.45, 7) is 4.70. The standard InChI is InChI=1S/C23H25N5O4/c1-3-30-13-23(14-31-4-2)21(29)20(18-10-16(11-24)7-8-19(18)32-23)28-22(27-15-25)17-6-5-9-26-12-17/h5-10,12,20-21,29H,3-4,13-14H2,1-2H3,(H,27,28)/t20-,21+/m1/s1. The van der Waals surface area contributed by atoms with Crippen molar-refractivity contribution in [2.75, 3.05) is 26.4 Å². The van der Waals surface area contributed by atoms with Crippen molar-refractivity contribution in [1.82, 2.24) is 10.3 Å². The summed E-state index contributed by atoms with van der Waals surface area (Å²) in [5.41, 5.74) is 0.277. The molecular weight excluding hydrogens is 410 g/mol. The molecule has 0 saturated carbocycles. The average Bonchev–Trinajstić information content (AvgIpc) is 2.83. The molecule has 2 heterocycles. The Morgan fingerprint density at radius 1 is 1.25 bits per heavy atom. The number of amidine groups is 1. The number of hydrogen-bond donors (Lipinski definition) is 2. The van der Waals surface area contributed by atoms with E-state index in [1.165, 1.54) is 0 Å². The lowest BCUT2D eigenvalue weighted by Gasteiger charge is -2.44. The van der Waals surface area contributed by atoms with Crippen LogP contribution in [0.1, 0.15) is 36.6 Å². The van der Waals surface area contributed by atoms with Gasteiger partial charge in [-0.15, -0.1) is 0 Å². The number of aliphatic imine (C=N–C) groups is 1. The number of rotatable bonds is 8. The maximum atomic E-state index is 11.5. The van der Waals surface area contributed by atoms with Gasteiger partial charge in [-0.25, -0.2) is 0 Å². The van der Waals surface area contributed by atoms with Crippen LogP contribution < -0.4 is 10.1 Å². The molecule has 1 aromatic carbocycles. The van der Waals surface area contributed by atoms with Crippen molar-refractivity contribution in [3.8, 4) is 18.0 Å². The van der Waals surface area contributed by atoms with E-state index in [0.717, 1.165) is 0 Å². The van der Waals surface area contributed by atoms with Crippen LogP contribution in [0.3, 0.4) is 0 Å². The monoisotopic (exact) mass is 435 g/mol. The van der Waals surface area contributed by atoms with Crippen molar-refractivity contribution >= 4 is 5.84 Å². The number of fused-ring (bicyclic) bond motifs is 1. The summed E-state index contributed by atoms with van der Waals surface area (Å²) in [6.07, 6.45) is 3.87. The Hall–Kier alpha value is -3.50. The topological polar surface area (TPSA) is 133 Å². The second kappa shape index (κ2) is 10.7. The minimum Gasteiger partial charge on any atom is -0.479 e. The maximum absolute atomic E-state index is 11.5. The summed E-state index contributed by atoms with van der Waals surface area (Å²) in [5.74, 6) is 0.700. The molecule has 0 unspecified atom stereocenters. The van der Waals surface area contributed by atoms with Gasteiger partial charge in [0.05, 0.1) is 24.8 Å². The number of aliphatic hydroxyl groups excluding tert-OH is 1. The first-order valence-corrected chi connectivity index (χ1v) is 10.3. The van der Waals surface area contributed by atoms with E-state index in [1.54, 1.807) is 42.7 Å². The second-order valence-electron chi connectivity index (χ2n) is 7.15. The molecule has 0 aliphatic carbocycles. The van der Waals surface area contributed by atoms with Crippen LogP contribution in [0, 0.1) is 22.8 Å². The molecule has 1 aliphatic heterocycles. The first kappa shape index (κ1) is 23.2. The Morgan fingerprint density at radius 3 is 2.59 bits per heavy atom. The predicted octanol–water partition coefficient (Wildman–Crippen LogP) is 2.08. The van der Waals surface area contributed by atoms with Crippen LogP contribution in [0.2, 0.25) is 0 Å². The number of benzene rings is 1. The minimum absolute atomic E-state index is 0.0734. The average molecular weight is 435 g/mol. The van der Waals surface area contributed by atoms with Crippen LogP contribution >= 0.6 is 0 Å². The minimum atomic E-state index is -1.23. The van der Waals surface area contributed by atoms with E-state index in [9.17, 15) is 15.6 Å². The van der Waals surface area contributed by atoms with Crippen molar-refractivity contribution in [1.29, 1.82) is 10.5 Å². The number of ether oxygens (including phenoxy) is 3. The number of hydrogen-bond acceptors (Lipinski definition) is 8. The number of nitriles is 2. The molecule has 0 fully saturated rings. The molecule has 166 valence electrons. The molecule has 0 amide bonds. The third-order valence-electron chi connectivity index (χ3n) is 5.09. The molecule has 0 saturated heterocycles. The molecule has 2 N–H and O–H groups in total. The fourth-order valence-corrected chi connectivity index (χ4v) is 3.51. The summed E-state index contributed by atoms with van der Waals surface area (Å²) >= 11 is 0. The van der Waals surface area contributed by atoms with Gasteiger partial charge < -0.3 is 19.3 Å². The van der Waals surface area contributed by atoms with Crippen molar-refractivity contribution < 1.29 is 19.3 Å². The normalized spacial score (nSPS) is 19.2. The summed E-state index contributed by atoms with van der Waals surface area (Å²) in [7, 11) is 0. The van der Waals surface area contributed by atoms with Crippen LogP contribution in [-0.2, 0) is 9.47 Å². The molecule has 3 rings (SSSR count). The van der Waals surface area contributed by atoms with Crippen LogP contribution in [0.25, 0.3) is 0 Å². The molecule has 2 atom stereocenters. The summed E-state index contributed by atoms with van der Waals surface area (Å²) < 4.78 is 17.5. The van der Waals surface area contributed by atoms with E-state index in [0.29, 0.717) is 35.7 Å². The molecule has 0 radical (unpaired) electrons. The zero-order valence-electron chi connectivity index (χ0n) is 18.0. The molecule has 2 aromatic rings. The molecule has 0 spiro atoms. The van der Waals surface area contributed by atoms with Gasteiger partial charge in [-0.1, -0.05) is 0 Å². The highest BCUT2D eigenvalue weighted by molar-refractivity contribution is 5.99. The lowest BCUT2D eigenvalue weighted by atomic mass is 9.84. The van der Waals surface area contributed by atoms with Crippen molar-refractivity contribution in [3.05, 3.63) is 59.4 Å². The van der Waals surface area contributed by atoms with Crippen molar-refractivity contribution in [2.45, 2.75) is 31.6 Å². The highest BCUT2D eigenvalue weighted by Crippen LogP contribution is 2.43. The summed E-state index contributed by atoms with van der Waals surface area (Å²) in [6, 6.07) is 9.66. The van der Waals surface area contributed by atoms with Gasteiger partial charge in [0.15, 0.2) is 11.8 Å².